The number of benzene rings is 2. The molecule has 0 amide bonds. The van der Waals surface area contributed by atoms with E-state index in [0.717, 1.165) is 11.0 Å². The van der Waals surface area contributed by atoms with Crippen molar-refractivity contribution in [3.63, 3.8) is 0 Å². The fraction of sp³-hybridized carbons (Fsp3) is 0.200. The first-order chi connectivity index (χ1) is 9.04. The number of aromatic nitrogens is 2. The van der Waals surface area contributed by atoms with Crippen molar-refractivity contribution in [3.8, 4) is 11.1 Å². The maximum atomic E-state index is 4.30. The van der Waals surface area contributed by atoms with Gasteiger partial charge in [-0.05, 0) is 23.3 Å². The molecule has 1 aromatic heterocycles. The molecule has 19 heavy (non-hydrogen) atoms. The zero-order valence-electron chi connectivity index (χ0n) is 11.3. The van der Waals surface area contributed by atoms with Gasteiger partial charge in [0, 0.05) is 0 Å². The molecular weight excluding hydrogens is 268 g/mol. The first-order valence-electron chi connectivity index (χ1n) is 6.37. The summed E-state index contributed by atoms with van der Waals surface area (Å²) in [6.07, 6.45) is 0. The second-order valence-corrected chi connectivity index (χ2v) is 11.4. The Morgan fingerprint density at radius 2 is 1.42 bits per heavy atom. The van der Waals surface area contributed by atoms with Gasteiger partial charge in [-0.1, -0.05) is 55.2 Å². The van der Waals surface area contributed by atoms with Crippen LogP contribution in [0.2, 0.25) is 19.6 Å². The van der Waals surface area contributed by atoms with Crippen LogP contribution in [0.3, 0.4) is 0 Å². The van der Waals surface area contributed by atoms with E-state index >= 15 is 0 Å². The highest BCUT2D eigenvalue weighted by molar-refractivity contribution is 7.00. The lowest BCUT2D eigenvalue weighted by atomic mass is 10.1. The molecule has 0 saturated heterocycles. The van der Waals surface area contributed by atoms with E-state index in [1.165, 1.54) is 28.0 Å². The Hall–Kier alpha value is -1.52. The normalized spacial score (nSPS) is 11.9. The number of hydrogen-bond donors (Lipinski definition) is 0. The van der Waals surface area contributed by atoms with Crippen LogP contribution in [0.15, 0.2) is 42.5 Å². The Morgan fingerprint density at radius 1 is 0.789 bits per heavy atom. The summed E-state index contributed by atoms with van der Waals surface area (Å²) in [7, 11) is -1.21. The minimum absolute atomic E-state index is 0.979. The lowest BCUT2D eigenvalue weighted by Crippen LogP contribution is -2.37. The molecule has 0 radical (unpaired) electrons. The Kier molecular flexibility index (Phi) is 2.99. The molecule has 0 atom stereocenters. The predicted molar refractivity (Wildman–Crippen MR) is 85.8 cm³/mol. The number of nitrogens with zero attached hydrogens (tertiary/aromatic N) is 2. The highest BCUT2D eigenvalue weighted by Crippen LogP contribution is 2.23. The predicted octanol–water partition coefficient (Wildman–Crippen LogP) is 3.90. The van der Waals surface area contributed by atoms with E-state index in [1.54, 1.807) is 0 Å². The van der Waals surface area contributed by atoms with Crippen molar-refractivity contribution in [2.24, 2.45) is 0 Å². The first-order valence-corrected chi connectivity index (χ1v) is 10.6. The molecule has 2 nitrogen and oxygen atoms in total. The minimum atomic E-state index is -1.21. The van der Waals surface area contributed by atoms with Crippen LogP contribution < -0.4 is 5.19 Å². The van der Waals surface area contributed by atoms with E-state index in [-0.39, 0.29) is 0 Å². The molecule has 0 aliphatic heterocycles. The van der Waals surface area contributed by atoms with Gasteiger partial charge in [-0.2, -0.15) is 8.75 Å². The van der Waals surface area contributed by atoms with E-state index in [2.05, 4.69) is 64.8 Å². The lowest BCUT2D eigenvalue weighted by Gasteiger charge is -2.16. The third-order valence-electron chi connectivity index (χ3n) is 3.34. The Morgan fingerprint density at radius 3 is 2.11 bits per heavy atom. The molecule has 0 N–H and O–H groups in total. The molecule has 3 aromatic rings. The van der Waals surface area contributed by atoms with Crippen molar-refractivity contribution in [2.45, 2.75) is 19.6 Å². The molecule has 0 saturated carbocycles. The second kappa shape index (κ2) is 4.54. The van der Waals surface area contributed by atoms with Gasteiger partial charge in [-0.15, -0.1) is 0 Å². The van der Waals surface area contributed by atoms with Crippen molar-refractivity contribution in [2.75, 3.05) is 0 Å². The third kappa shape index (κ3) is 2.46. The van der Waals surface area contributed by atoms with E-state index in [9.17, 15) is 0 Å². The minimum Gasteiger partial charge on any atom is -0.173 e. The van der Waals surface area contributed by atoms with E-state index in [1.807, 2.05) is 6.07 Å². The first kappa shape index (κ1) is 12.5. The van der Waals surface area contributed by atoms with Gasteiger partial charge in [-0.25, -0.2) is 0 Å². The van der Waals surface area contributed by atoms with Crippen LogP contribution in [0.4, 0.5) is 0 Å². The lowest BCUT2D eigenvalue weighted by molar-refractivity contribution is 1.60. The van der Waals surface area contributed by atoms with Crippen LogP contribution in [0.5, 0.6) is 0 Å². The fourth-order valence-corrected chi connectivity index (χ4v) is 3.81. The van der Waals surface area contributed by atoms with E-state index in [0.29, 0.717) is 0 Å². The van der Waals surface area contributed by atoms with Crippen molar-refractivity contribution in [3.05, 3.63) is 42.5 Å². The second-order valence-electron chi connectivity index (χ2n) is 5.80. The van der Waals surface area contributed by atoms with Gasteiger partial charge in [0.05, 0.1) is 19.8 Å². The summed E-state index contributed by atoms with van der Waals surface area (Å²) in [5.41, 5.74) is 4.42. The van der Waals surface area contributed by atoms with Gasteiger partial charge in [0.1, 0.15) is 11.0 Å². The number of rotatable bonds is 2. The zero-order valence-corrected chi connectivity index (χ0v) is 13.2. The SMILES string of the molecule is C[Si](C)(C)c1ccc(-c2ccc3nsnc3c2)cc1. The molecule has 0 unspecified atom stereocenters. The van der Waals surface area contributed by atoms with Gasteiger partial charge in [0.25, 0.3) is 0 Å². The monoisotopic (exact) mass is 284 g/mol. The molecule has 3 rings (SSSR count). The third-order valence-corrected chi connectivity index (χ3v) is 5.96. The topological polar surface area (TPSA) is 25.8 Å². The van der Waals surface area contributed by atoms with E-state index in [4.69, 9.17) is 0 Å². The molecule has 1 heterocycles. The quantitative estimate of drug-likeness (QED) is 0.667. The molecule has 0 bridgehead atoms. The summed E-state index contributed by atoms with van der Waals surface area (Å²) in [5.74, 6) is 0. The summed E-state index contributed by atoms with van der Waals surface area (Å²) in [4.78, 5) is 0. The summed E-state index contributed by atoms with van der Waals surface area (Å²) < 4.78 is 8.54. The standard InChI is InChI=1S/C15H16N2SSi/c1-19(2,3)13-7-4-11(5-8-13)12-6-9-14-15(10-12)17-18-16-14/h4-10H,1-3H3. The molecule has 2 aromatic carbocycles. The van der Waals surface area contributed by atoms with Crippen LogP contribution in [0, 0.1) is 0 Å². The smallest absolute Gasteiger partial charge is 0.105 e. The average molecular weight is 284 g/mol. The molecule has 0 aliphatic rings. The van der Waals surface area contributed by atoms with Crippen molar-refractivity contribution < 1.29 is 0 Å². The molecular formula is C15H16N2SSi. The van der Waals surface area contributed by atoms with Crippen LogP contribution in [0.25, 0.3) is 22.2 Å². The van der Waals surface area contributed by atoms with Crippen molar-refractivity contribution >= 4 is 36.0 Å². The van der Waals surface area contributed by atoms with Gasteiger partial charge < -0.3 is 0 Å². The largest absolute Gasteiger partial charge is 0.173 e. The fourth-order valence-electron chi connectivity index (χ4n) is 2.12. The van der Waals surface area contributed by atoms with Crippen LogP contribution in [-0.2, 0) is 0 Å². The Bertz CT molecular complexity index is 711. The van der Waals surface area contributed by atoms with Gasteiger partial charge >= 0.3 is 0 Å². The Balaban J connectivity index is 2.01. The molecule has 0 fully saturated rings. The highest BCUT2D eigenvalue weighted by atomic mass is 32.1. The molecule has 0 spiro atoms. The van der Waals surface area contributed by atoms with Crippen LogP contribution in [-0.4, -0.2) is 16.8 Å². The molecule has 4 heteroatoms. The molecule has 0 aliphatic carbocycles. The van der Waals surface area contributed by atoms with Gasteiger partial charge in [0.15, 0.2) is 0 Å². The summed E-state index contributed by atoms with van der Waals surface area (Å²) in [6.45, 7) is 7.11. The van der Waals surface area contributed by atoms with Crippen LogP contribution in [0.1, 0.15) is 0 Å². The van der Waals surface area contributed by atoms with Crippen molar-refractivity contribution in [1.29, 1.82) is 0 Å². The van der Waals surface area contributed by atoms with Gasteiger partial charge in [-0.3, -0.25) is 0 Å². The maximum Gasteiger partial charge on any atom is 0.105 e. The van der Waals surface area contributed by atoms with E-state index < -0.39 is 8.07 Å². The number of hydrogen-bond acceptors (Lipinski definition) is 3. The van der Waals surface area contributed by atoms with Crippen molar-refractivity contribution in [1.82, 2.24) is 8.75 Å². The zero-order chi connectivity index (χ0) is 13.5. The molecule has 96 valence electrons. The highest BCUT2D eigenvalue weighted by Gasteiger charge is 2.15. The number of fused-ring (bicyclic) bond motifs is 1. The van der Waals surface area contributed by atoms with Crippen LogP contribution >= 0.6 is 11.7 Å². The Labute approximate surface area is 118 Å². The maximum absolute atomic E-state index is 4.30. The summed E-state index contributed by atoms with van der Waals surface area (Å²) in [6, 6.07) is 15.2. The summed E-state index contributed by atoms with van der Waals surface area (Å²) >= 11 is 1.27. The average Bonchev–Trinajstić information content (AvgIpc) is 2.85. The summed E-state index contributed by atoms with van der Waals surface area (Å²) in [5, 5.41) is 1.49. The van der Waals surface area contributed by atoms with Gasteiger partial charge in [0.2, 0.25) is 0 Å².